The van der Waals surface area contributed by atoms with E-state index in [4.69, 9.17) is 9.02 Å². The van der Waals surface area contributed by atoms with E-state index in [1.807, 2.05) is 12.2 Å². The lowest BCUT2D eigenvalue weighted by molar-refractivity contribution is -0.166. The Balaban J connectivity index is 1.37. The number of nitrogens with zero attached hydrogens (tertiary/aromatic N) is 1. The SMILES string of the molecule is CC1(C)C2CCOCC1(CS(=O)(=O)ON1C(=O)C3C4C=CC(C4)C3C1=O)CC2. The van der Waals surface area contributed by atoms with Gasteiger partial charge in [0.05, 0.1) is 24.2 Å². The van der Waals surface area contributed by atoms with Crippen LogP contribution >= 0.6 is 0 Å². The second-order valence-corrected chi connectivity index (χ2v) is 11.4. The highest BCUT2D eigenvalue weighted by Crippen LogP contribution is 2.59. The van der Waals surface area contributed by atoms with E-state index in [0.717, 1.165) is 25.7 Å². The molecule has 0 aromatic rings. The molecule has 2 heterocycles. The molecule has 2 amide bonds. The fraction of sp³-hybridized carbons (Fsp3) is 0.800. The summed E-state index contributed by atoms with van der Waals surface area (Å²) >= 11 is 0. The van der Waals surface area contributed by atoms with Gasteiger partial charge < -0.3 is 4.74 Å². The Morgan fingerprint density at radius 2 is 1.79 bits per heavy atom. The Bertz CT molecular complexity index is 834. The number of ether oxygens (including phenoxy) is 1. The topological polar surface area (TPSA) is 90.0 Å². The van der Waals surface area contributed by atoms with E-state index in [9.17, 15) is 18.0 Å². The van der Waals surface area contributed by atoms with Crippen molar-refractivity contribution in [3.05, 3.63) is 12.2 Å². The first kappa shape index (κ1) is 18.8. The normalized spacial score (nSPS) is 43.6. The van der Waals surface area contributed by atoms with Crippen molar-refractivity contribution in [2.45, 2.75) is 39.5 Å². The molecular weight excluding hydrogens is 382 g/mol. The average Bonchev–Trinajstić information content (AvgIpc) is 3.30. The molecule has 6 atom stereocenters. The molecule has 0 N–H and O–H groups in total. The van der Waals surface area contributed by atoms with Crippen LogP contribution in [0.25, 0.3) is 0 Å². The number of rotatable bonds is 4. The third kappa shape index (κ3) is 2.43. The first-order chi connectivity index (χ1) is 13.2. The van der Waals surface area contributed by atoms with Gasteiger partial charge in [-0.1, -0.05) is 26.0 Å². The van der Waals surface area contributed by atoms with Gasteiger partial charge in [0, 0.05) is 12.0 Å². The largest absolute Gasteiger partial charge is 0.381 e. The minimum Gasteiger partial charge on any atom is -0.381 e. The molecule has 6 unspecified atom stereocenters. The number of hydroxylamine groups is 2. The maximum Gasteiger partial charge on any atom is 0.289 e. The van der Waals surface area contributed by atoms with E-state index in [0.29, 0.717) is 24.2 Å². The van der Waals surface area contributed by atoms with Crippen molar-refractivity contribution in [1.82, 2.24) is 5.06 Å². The number of amides is 2. The quantitative estimate of drug-likeness (QED) is 0.520. The number of imide groups is 1. The van der Waals surface area contributed by atoms with Gasteiger partial charge in [0.25, 0.3) is 21.9 Å². The van der Waals surface area contributed by atoms with Crippen LogP contribution in [0.5, 0.6) is 0 Å². The molecule has 7 nitrogen and oxygen atoms in total. The monoisotopic (exact) mass is 409 g/mol. The third-order valence-electron chi connectivity index (χ3n) is 8.42. The lowest BCUT2D eigenvalue weighted by Gasteiger charge is -2.41. The van der Waals surface area contributed by atoms with Gasteiger partial charge in [-0.05, 0) is 48.9 Å². The van der Waals surface area contributed by atoms with Gasteiger partial charge >= 0.3 is 0 Å². The van der Waals surface area contributed by atoms with Crippen LogP contribution in [0.4, 0.5) is 0 Å². The van der Waals surface area contributed by atoms with E-state index in [1.165, 1.54) is 0 Å². The van der Waals surface area contributed by atoms with Gasteiger partial charge in [0.15, 0.2) is 0 Å². The maximum atomic E-state index is 13.0. The lowest BCUT2D eigenvalue weighted by Crippen LogP contribution is -2.46. The van der Waals surface area contributed by atoms with E-state index in [2.05, 4.69) is 13.8 Å². The molecule has 2 saturated carbocycles. The standard InChI is InChI=1S/C20H27NO6S/c1-19(2)14-5-7-20(19,10-26-8-6-14)11-28(24,25)27-21-17(22)15-12-3-4-13(9-12)16(15)18(21)23/h3-4,12-16H,5-11H2,1-2H3. The van der Waals surface area contributed by atoms with Gasteiger partial charge in [-0.2, -0.15) is 8.42 Å². The summed E-state index contributed by atoms with van der Waals surface area (Å²) < 4.78 is 36.9. The highest BCUT2D eigenvalue weighted by molar-refractivity contribution is 7.86. The summed E-state index contributed by atoms with van der Waals surface area (Å²) in [5.41, 5.74) is -0.770. The number of allylic oxidation sites excluding steroid dienone is 2. The second-order valence-electron chi connectivity index (χ2n) is 9.83. The van der Waals surface area contributed by atoms with E-state index < -0.39 is 39.2 Å². The van der Waals surface area contributed by atoms with Crippen molar-refractivity contribution < 1.29 is 27.0 Å². The molecule has 28 heavy (non-hydrogen) atoms. The molecule has 0 aromatic heterocycles. The fourth-order valence-electron chi connectivity index (χ4n) is 6.55. The third-order valence-corrected chi connectivity index (χ3v) is 9.70. The zero-order valence-corrected chi connectivity index (χ0v) is 17.1. The van der Waals surface area contributed by atoms with Crippen molar-refractivity contribution in [3.8, 4) is 0 Å². The van der Waals surface area contributed by atoms with Crippen LogP contribution in [-0.2, 0) is 28.7 Å². The first-order valence-electron chi connectivity index (χ1n) is 10.2. The van der Waals surface area contributed by atoms with Gasteiger partial charge in [-0.25, -0.2) is 0 Å². The van der Waals surface area contributed by atoms with Crippen LogP contribution in [0.2, 0.25) is 0 Å². The Labute approximate surface area is 165 Å². The number of hydrogen-bond acceptors (Lipinski definition) is 6. The van der Waals surface area contributed by atoms with Gasteiger partial charge in [0.2, 0.25) is 0 Å². The smallest absolute Gasteiger partial charge is 0.289 e. The minimum atomic E-state index is -4.12. The van der Waals surface area contributed by atoms with Crippen molar-refractivity contribution in [1.29, 1.82) is 0 Å². The van der Waals surface area contributed by atoms with Crippen LogP contribution in [-0.4, -0.2) is 44.3 Å². The molecule has 0 spiro atoms. The van der Waals surface area contributed by atoms with Crippen molar-refractivity contribution in [3.63, 3.8) is 0 Å². The van der Waals surface area contributed by atoms with Gasteiger partial charge in [-0.15, -0.1) is 9.35 Å². The molecule has 2 aliphatic heterocycles. The average molecular weight is 410 g/mol. The Kier molecular flexibility index (Phi) is 3.95. The van der Waals surface area contributed by atoms with E-state index in [-0.39, 0.29) is 23.0 Å². The predicted octanol–water partition coefficient (Wildman–Crippen LogP) is 1.90. The maximum absolute atomic E-state index is 13.0. The molecular formula is C20H27NO6S. The minimum absolute atomic E-state index is 0.0196. The Morgan fingerprint density at radius 1 is 1.14 bits per heavy atom. The molecule has 3 aliphatic carbocycles. The zero-order chi connectivity index (χ0) is 19.9. The predicted molar refractivity (Wildman–Crippen MR) is 98.8 cm³/mol. The highest BCUT2D eigenvalue weighted by Gasteiger charge is 2.62. The molecule has 5 rings (SSSR count). The molecule has 0 radical (unpaired) electrons. The highest BCUT2D eigenvalue weighted by atomic mass is 32.2. The molecule has 154 valence electrons. The zero-order valence-electron chi connectivity index (χ0n) is 16.3. The fourth-order valence-corrected chi connectivity index (χ4v) is 8.25. The summed E-state index contributed by atoms with van der Waals surface area (Å²) in [6.45, 7) is 5.21. The van der Waals surface area contributed by atoms with Crippen molar-refractivity contribution in [2.24, 2.45) is 40.4 Å². The van der Waals surface area contributed by atoms with Crippen LogP contribution in [0.15, 0.2) is 12.2 Å². The number of carbonyl (C=O) groups is 2. The molecule has 2 saturated heterocycles. The molecule has 4 bridgehead atoms. The summed E-state index contributed by atoms with van der Waals surface area (Å²) in [5, 5.41) is 0.546. The molecule has 4 fully saturated rings. The van der Waals surface area contributed by atoms with E-state index in [1.54, 1.807) is 0 Å². The lowest BCUT2D eigenvalue weighted by atomic mass is 9.66. The first-order valence-corrected chi connectivity index (χ1v) is 11.8. The van der Waals surface area contributed by atoms with E-state index >= 15 is 0 Å². The number of fused-ring (bicyclic) bond motifs is 7. The summed E-state index contributed by atoms with van der Waals surface area (Å²) in [6.07, 6.45) is 7.37. The van der Waals surface area contributed by atoms with Crippen LogP contribution in [0, 0.1) is 40.4 Å². The second kappa shape index (κ2) is 5.89. The van der Waals surface area contributed by atoms with Crippen LogP contribution < -0.4 is 0 Å². The van der Waals surface area contributed by atoms with Crippen molar-refractivity contribution >= 4 is 21.9 Å². The van der Waals surface area contributed by atoms with Gasteiger partial charge in [0.1, 0.15) is 0 Å². The molecule has 5 aliphatic rings. The van der Waals surface area contributed by atoms with Gasteiger partial charge in [-0.3, -0.25) is 9.59 Å². The Morgan fingerprint density at radius 3 is 2.43 bits per heavy atom. The number of carbonyl (C=O) groups excluding carboxylic acids is 2. The van der Waals surface area contributed by atoms with Crippen molar-refractivity contribution in [2.75, 3.05) is 19.0 Å². The Hall–Kier alpha value is -1.25. The van der Waals surface area contributed by atoms with Crippen LogP contribution in [0.3, 0.4) is 0 Å². The summed E-state index contributed by atoms with van der Waals surface area (Å²) in [5.74, 6) is -1.74. The molecule has 8 heteroatoms. The summed E-state index contributed by atoms with van der Waals surface area (Å²) in [4.78, 5) is 25.5. The molecule has 0 aromatic carbocycles. The number of hydrogen-bond donors (Lipinski definition) is 0. The summed E-state index contributed by atoms with van der Waals surface area (Å²) in [6, 6.07) is 0. The van der Waals surface area contributed by atoms with Crippen LogP contribution in [0.1, 0.15) is 39.5 Å². The summed E-state index contributed by atoms with van der Waals surface area (Å²) in [7, 11) is -4.12.